The Hall–Kier alpha value is -3.29. The van der Waals surface area contributed by atoms with E-state index in [-0.39, 0.29) is 17.4 Å². The molecule has 4 aromatic rings. The zero-order valence-corrected chi connectivity index (χ0v) is 18.9. The minimum atomic E-state index is -0.152. The van der Waals surface area contributed by atoms with Crippen molar-refractivity contribution >= 4 is 35.0 Å². The van der Waals surface area contributed by atoms with Crippen LogP contribution in [0.15, 0.2) is 78.0 Å². The zero-order valence-electron chi connectivity index (χ0n) is 17.3. The molecule has 0 atom stereocenters. The van der Waals surface area contributed by atoms with Crippen LogP contribution in [0.3, 0.4) is 0 Å². The van der Waals surface area contributed by atoms with Crippen molar-refractivity contribution in [2.45, 2.75) is 18.6 Å². The summed E-state index contributed by atoms with van der Waals surface area (Å²) in [6, 6.07) is 22.2. The van der Waals surface area contributed by atoms with Crippen LogP contribution in [-0.2, 0) is 11.3 Å². The molecule has 0 aliphatic rings. The van der Waals surface area contributed by atoms with Gasteiger partial charge in [-0.25, -0.2) is 0 Å². The molecule has 0 saturated heterocycles. The van der Waals surface area contributed by atoms with Crippen molar-refractivity contribution in [1.82, 2.24) is 14.8 Å². The molecule has 32 heavy (non-hydrogen) atoms. The predicted octanol–water partition coefficient (Wildman–Crippen LogP) is 5.39. The van der Waals surface area contributed by atoms with E-state index >= 15 is 0 Å². The lowest BCUT2D eigenvalue weighted by molar-refractivity contribution is -0.113. The lowest BCUT2D eigenvalue weighted by atomic mass is 10.2. The number of amides is 1. The Morgan fingerprint density at radius 2 is 1.78 bits per heavy atom. The fourth-order valence-electron chi connectivity index (χ4n) is 3.19. The average molecular weight is 465 g/mol. The van der Waals surface area contributed by atoms with E-state index in [9.17, 15) is 9.90 Å². The van der Waals surface area contributed by atoms with Crippen molar-refractivity contribution < 1.29 is 9.90 Å². The largest absolute Gasteiger partial charge is 0.508 e. The molecule has 8 heteroatoms. The average Bonchev–Trinajstić information content (AvgIpc) is 3.19. The second kappa shape index (κ2) is 9.89. The van der Waals surface area contributed by atoms with Gasteiger partial charge in [0, 0.05) is 16.3 Å². The molecule has 1 aromatic heterocycles. The number of phenolic OH excluding ortho intramolecular Hbond substituents is 1. The minimum absolute atomic E-state index is 0.152. The fraction of sp³-hybridized carbons (Fsp3) is 0.125. The monoisotopic (exact) mass is 464 g/mol. The maximum Gasteiger partial charge on any atom is 0.234 e. The quantitative estimate of drug-likeness (QED) is 0.358. The van der Waals surface area contributed by atoms with Gasteiger partial charge in [-0.3, -0.25) is 9.36 Å². The van der Waals surface area contributed by atoms with Crippen LogP contribution >= 0.6 is 23.4 Å². The van der Waals surface area contributed by atoms with Gasteiger partial charge >= 0.3 is 0 Å². The summed E-state index contributed by atoms with van der Waals surface area (Å²) in [5.74, 6) is 0.878. The minimum Gasteiger partial charge on any atom is -0.508 e. The number of aromatic nitrogens is 3. The molecule has 162 valence electrons. The van der Waals surface area contributed by atoms with E-state index in [0.29, 0.717) is 28.2 Å². The lowest BCUT2D eigenvalue weighted by Crippen LogP contribution is -2.15. The van der Waals surface area contributed by atoms with Gasteiger partial charge in [-0.1, -0.05) is 59.8 Å². The smallest absolute Gasteiger partial charge is 0.234 e. The number of hydrogen-bond donors (Lipinski definition) is 2. The summed E-state index contributed by atoms with van der Waals surface area (Å²) in [6.45, 7) is 2.42. The molecule has 0 saturated carbocycles. The standard InChI is InChI=1S/C24H21ClN4O2S/c1-16-20(25)8-5-9-21(16)26-22(31)15-32-24-28-27-23(18-10-12-19(30)13-11-18)29(24)14-17-6-3-2-4-7-17/h2-13,30H,14-15H2,1H3,(H,26,31). The van der Waals surface area contributed by atoms with Crippen LogP contribution in [-0.4, -0.2) is 31.5 Å². The molecule has 4 rings (SSSR count). The number of nitrogens with zero attached hydrogens (tertiary/aromatic N) is 3. The third kappa shape index (κ3) is 5.12. The van der Waals surface area contributed by atoms with Crippen LogP contribution in [0.1, 0.15) is 11.1 Å². The van der Waals surface area contributed by atoms with Gasteiger partial charge in [0.1, 0.15) is 5.75 Å². The molecule has 3 aromatic carbocycles. The van der Waals surface area contributed by atoms with Crippen molar-refractivity contribution in [2.24, 2.45) is 0 Å². The number of hydrogen-bond acceptors (Lipinski definition) is 5. The first-order valence-corrected chi connectivity index (χ1v) is 11.3. The molecule has 2 N–H and O–H groups in total. The summed E-state index contributed by atoms with van der Waals surface area (Å²) in [6.07, 6.45) is 0. The van der Waals surface area contributed by atoms with Gasteiger partial charge < -0.3 is 10.4 Å². The molecule has 1 amide bonds. The number of benzene rings is 3. The van der Waals surface area contributed by atoms with E-state index < -0.39 is 0 Å². The van der Waals surface area contributed by atoms with Gasteiger partial charge in [0.2, 0.25) is 5.91 Å². The highest BCUT2D eigenvalue weighted by Gasteiger charge is 2.17. The van der Waals surface area contributed by atoms with E-state index in [1.54, 1.807) is 36.4 Å². The molecule has 0 fully saturated rings. The summed E-state index contributed by atoms with van der Waals surface area (Å²) in [7, 11) is 0. The fourth-order valence-corrected chi connectivity index (χ4v) is 4.10. The number of rotatable bonds is 7. The topological polar surface area (TPSA) is 80.0 Å². The molecular weight excluding hydrogens is 444 g/mol. The number of aromatic hydroxyl groups is 1. The van der Waals surface area contributed by atoms with Gasteiger partial charge in [-0.15, -0.1) is 10.2 Å². The Labute approximate surface area is 195 Å². The Kier molecular flexibility index (Phi) is 6.78. The Balaban J connectivity index is 1.55. The summed E-state index contributed by atoms with van der Waals surface area (Å²) < 4.78 is 1.98. The van der Waals surface area contributed by atoms with E-state index in [1.165, 1.54) is 11.8 Å². The third-order valence-corrected chi connectivity index (χ3v) is 6.28. The summed E-state index contributed by atoms with van der Waals surface area (Å²) >= 11 is 7.46. The third-order valence-electron chi connectivity index (χ3n) is 4.90. The van der Waals surface area contributed by atoms with Crippen molar-refractivity contribution in [2.75, 3.05) is 11.1 Å². The normalized spacial score (nSPS) is 10.8. The predicted molar refractivity (Wildman–Crippen MR) is 128 cm³/mol. The molecule has 0 aliphatic carbocycles. The van der Waals surface area contributed by atoms with Gasteiger partial charge in [-0.2, -0.15) is 0 Å². The van der Waals surface area contributed by atoms with Gasteiger partial charge in [-0.05, 0) is 54.4 Å². The molecule has 0 spiro atoms. The number of halogens is 1. The first-order chi connectivity index (χ1) is 15.5. The molecule has 0 unspecified atom stereocenters. The van der Waals surface area contributed by atoms with Crippen molar-refractivity contribution in [3.63, 3.8) is 0 Å². The summed E-state index contributed by atoms with van der Waals surface area (Å²) in [5, 5.41) is 22.5. The molecule has 0 aliphatic heterocycles. The Morgan fingerprint density at radius 1 is 1.03 bits per heavy atom. The number of carbonyl (C=O) groups is 1. The van der Waals surface area contributed by atoms with Crippen LogP contribution in [0.2, 0.25) is 5.02 Å². The molecular formula is C24H21ClN4O2S. The second-order valence-electron chi connectivity index (χ2n) is 7.17. The Bertz CT molecular complexity index is 1230. The number of thioether (sulfide) groups is 1. The highest BCUT2D eigenvalue weighted by molar-refractivity contribution is 7.99. The van der Waals surface area contributed by atoms with Crippen LogP contribution in [0.4, 0.5) is 5.69 Å². The number of anilines is 1. The first-order valence-electron chi connectivity index (χ1n) is 9.95. The summed E-state index contributed by atoms with van der Waals surface area (Å²) in [5.41, 5.74) is 3.44. The molecule has 0 radical (unpaired) electrons. The lowest BCUT2D eigenvalue weighted by Gasteiger charge is -2.11. The highest BCUT2D eigenvalue weighted by atomic mass is 35.5. The maximum absolute atomic E-state index is 12.6. The van der Waals surface area contributed by atoms with Crippen molar-refractivity contribution in [1.29, 1.82) is 0 Å². The van der Waals surface area contributed by atoms with E-state index in [1.807, 2.05) is 47.9 Å². The molecule has 6 nitrogen and oxygen atoms in total. The van der Waals surface area contributed by atoms with Crippen molar-refractivity contribution in [3.05, 3.63) is 88.9 Å². The zero-order chi connectivity index (χ0) is 22.5. The van der Waals surface area contributed by atoms with E-state index in [4.69, 9.17) is 11.6 Å². The van der Waals surface area contributed by atoms with Crippen molar-refractivity contribution in [3.8, 4) is 17.1 Å². The first kappa shape index (κ1) is 21.9. The second-order valence-corrected chi connectivity index (χ2v) is 8.52. The Morgan fingerprint density at radius 3 is 2.53 bits per heavy atom. The van der Waals surface area contributed by atoms with Gasteiger partial charge in [0.15, 0.2) is 11.0 Å². The highest BCUT2D eigenvalue weighted by Crippen LogP contribution is 2.27. The maximum atomic E-state index is 12.6. The van der Waals surface area contributed by atoms with Crippen LogP contribution in [0.5, 0.6) is 5.75 Å². The SMILES string of the molecule is Cc1c(Cl)cccc1NC(=O)CSc1nnc(-c2ccc(O)cc2)n1Cc1ccccc1. The number of nitrogens with one attached hydrogen (secondary N) is 1. The van der Waals surface area contributed by atoms with Gasteiger partial charge in [0.25, 0.3) is 0 Å². The van der Waals surface area contributed by atoms with E-state index in [0.717, 1.165) is 16.7 Å². The van der Waals surface area contributed by atoms with E-state index in [2.05, 4.69) is 15.5 Å². The van der Waals surface area contributed by atoms with Crippen LogP contribution < -0.4 is 5.32 Å². The number of carbonyl (C=O) groups excluding carboxylic acids is 1. The van der Waals surface area contributed by atoms with Crippen LogP contribution in [0.25, 0.3) is 11.4 Å². The van der Waals surface area contributed by atoms with Crippen LogP contribution in [0, 0.1) is 6.92 Å². The molecule has 0 bridgehead atoms. The van der Waals surface area contributed by atoms with Gasteiger partial charge in [0.05, 0.1) is 12.3 Å². The molecule has 1 heterocycles. The number of phenols is 1. The summed E-state index contributed by atoms with van der Waals surface area (Å²) in [4.78, 5) is 12.6.